The van der Waals surface area contributed by atoms with Crippen LogP contribution in [-0.2, 0) is 6.54 Å². The van der Waals surface area contributed by atoms with Gasteiger partial charge in [-0.1, -0.05) is 12.1 Å². The number of halogens is 2. The number of aliphatic hydroxyl groups excluding tert-OH is 1. The Balaban J connectivity index is 2.49. The van der Waals surface area contributed by atoms with Crippen LogP contribution in [-0.4, -0.2) is 14.9 Å². The zero-order valence-corrected chi connectivity index (χ0v) is 11.1. The molecule has 0 bridgehead atoms. The molecule has 3 nitrogen and oxygen atoms in total. The quantitative estimate of drug-likeness (QED) is 0.927. The largest absolute Gasteiger partial charge is 0.382 e. The molecule has 0 aliphatic heterocycles. The first-order valence-electron chi connectivity index (χ1n) is 6.12. The van der Waals surface area contributed by atoms with Crippen LogP contribution in [0.5, 0.6) is 0 Å². The summed E-state index contributed by atoms with van der Waals surface area (Å²) in [6.07, 6.45) is -1.23. The molecule has 1 heterocycles. The molecule has 1 unspecified atom stereocenters. The standard InChI is InChI=1S/C14H16F2N2O/c1-4-18-11(7-9(3)17-18)14(19)10-6-5-8(2)12(15)13(10)16/h5-7,14,19H,4H2,1-3H3. The van der Waals surface area contributed by atoms with Crippen molar-refractivity contribution in [3.05, 3.63) is 52.3 Å². The Kier molecular flexibility index (Phi) is 3.66. The van der Waals surface area contributed by atoms with E-state index < -0.39 is 17.7 Å². The van der Waals surface area contributed by atoms with Crippen LogP contribution in [0.2, 0.25) is 0 Å². The highest BCUT2D eigenvalue weighted by Gasteiger charge is 2.22. The molecule has 0 aliphatic carbocycles. The van der Waals surface area contributed by atoms with Crippen LogP contribution in [0.15, 0.2) is 18.2 Å². The van der Waals surface area contributed by atoms with Gasteiger partial charge in [-0.2, -0.15) is 5.10 Å². The molecule has 1 aromatic carbocycles. The molecule has 0 saturated heterocycles. The average Bonchev–Trinajstić information content (AvgIpc) is 2.77. The predicted octanol–water partition coefficient (Wildman–Crippen LogP) is 2.88. The Morgan fingerprint density at radius 1 is 1.26 bits per heavy atom. The molecular weight excluding hydrogens is 250 g/mol. The fourth-order valence-electron chi connectivity index (χ4n) is 2.07. The maximum absolute atomic E-state index is 13.9. The lowest BCUT2D eigenvalue weighted by molar-refractivity contribution is 0.201. The average molecular weight is 266 g/mol. The van der Waals surface area contributed by atoms with Gasteiger partial charge >= 0.3 is 0 Å². The van der Waals surface area contributed by atoms with Gasteiger partial charge in [0.1, 0.15) is 6.10 Å². The lowest BCUT2D eigenvalue weighted by Crippen LogP contribution is -2.11. The second kappa shape index (κ2) is 5.09. The summed E-state index contributed by atoms with van der Waals surface area (Å²) in [6, 6.07) is 4.53. The van der Waals surface area contributed by atoms with Crippen LogP contribution in [0.25, 0.3) is 0 Å². The summed E-state index contributed by atoms with van der Waals surface area (Å²) in [5, 5.41) is 14.4. The molecule has 1 N–H and O–H groups in total. The van der Waals surface area contributed by atoms with E-state index in [1.165, 1.54) is 19.1 Å². The van der Waals surface area contributed by atoms with E-state index in [1.54, 1.807) is 17.7 Å². The van der Waals surface area contributed by atoms with Crippen molar-refractivity contribution in [1.29, 1.82) is 0 Å². The summed E-state index contributed by atoms with van der Waals surface area (Å²) in [4.78, 5) is 0. The van der Waals surface area contributed by atoms with E-state index in [9.17, 15) is 13.9 Å². The van der Waals surface area contributed by atoms with Crippen LogP contribution >= 0.6 is 0 Å². The Labute approximate surface area is 110 Å². The number of rotatable bonds is 3. The second-order valence-corrected chi connectivity index (χ2v) is 4.53. The summed E-state index contributed by atoms with van der Waals surface area (Å²) in [5.41, 5.74) is 1.33. The zero-order valence-electron chi connectivity index (χ0n) is 11.1. The Hall–Kier alpha value is -1.75. The maximum Gasteiger partial charge on any atom is 0.165 e. The van der Waals surface area contributed by atoms with Gasteiger partial charge < -0.3 is 5.11 Å². The fourth-order valence-corrected chi connectivity index (χ4v) is 2.07. The highest BCUT2D eigenvalue weighted by atomic mass is 19.2. The molecule has 0 saturated carbocycles. The topological polar surface area (TPSA) is 38.0 Å². The Morgan fingerprint density at radius 2 is 1.95 bits per heavy atom. The smallest absolute Gasteiger partial charge is 0.165 e. The molecule has 1 aromatic heterocycles. The van der Waals surface area contributed by atoms with Crippen LogP contribution in [0.3, 0.4) is 0 Å². The minimum atomic E-state index is -1.23. The lowest BCUT2D eigenvalue weighted by Gasteiger charge is -2.14. The molecule has 19 heavy (non-hydrogen) atoms. The van der Waals surface area contributed by atoms with Crippen molar-refractivity contribution < 1.29 is 13.9 Å². The second-order valence-electron chi connectivity index (χ2n) is 4.53. The van der Waals surface area contributed by atoms with Crippen molar-refractivity contribution in [1.82, 2.24) is 9.78 Å². The first-order chi connectivity index (χ1) is 8.95. The third-order valence-corrected chi connectivity index (χ3v) is 3.11. The normalized spacial score (nSPS) is 12.7. The first kappa shape index (κ1) is 13.7. The molecule has 0 spiro atoms. The number of aryl methyl sites for hydroxylation is 3. The summed E-state index contributed by atoms with van der Waals surface area (Å²) in [7, 11) is 0. The molecule has 0 fully saturated rings. The highest BCUT2D eigenvalue weighted by Crippen LogP contribution is 2.27. The third-order valence-electron chi connectivity index (χ3n) is 3.11. The maximum atomic E-state index is 13.9. The van der Waals surface area contributed by atoms with E-state index >= 15 is 0 Å². The minimum Gasteiger partial charge on any atom is -0.382 e. The van der Waals surface area contributed by atoms with Gasteiger partial charge in [-0.25, -0.2) is 8.78 Å². The molecule has 1 atom stereocenters. The van der Waals surface area contributed by atoms with Gasteiger partial charge in [0, 0.05) is 12.1 Å². The number of aliphatic hydroxyl groups is 1. The SMILES string of the molecule is CCn1nc(C)cc1C(O)c1ccc(C)c(F)c1F. The van der Waals surface area contributed by atoms with Crippen LogP contribution in [0, 0.1) is 25.5 Å². The van der Waals surface area contributed by atoms with E-state index in [-0.39, 0.29) is 11.1 Å². The van der Waals surface area contributed by atoms with Gasteiger partial charge in [0.25, 0.3) is 0 Å². The number of hydrogen-bond acceptors (Lipinski definition) is 2. The summed E-state index contributed by atoms with van der Waals surface area (Å²) in [6.45, 7) is 5.69. The van der Waals surface area contributed by atoms with Crippen molar-refractivity contribution in [3.63, 3.8) is 0 Å². The van der Waals surface area contributed by atoms with Crippen molar-refractivity contribution in [3.8, 4) is 0 Å². The molecule has 102 valence electrons. The van der Waals surface area contributed by atoms with E-state index in [0.717, 1.165) is 5.69 Å². The minimum absolute atomic E-state index is 0.0716. The van der Waals surface area contributed by atoms with Gasteiger partial charge in [0.05, 0.1) is 11.4 Å². The van der Waals surface area contributed by atoms with Gasteiger partial charge in [-0.3, -0.25) is 4.68 Å². The van der Waals surface area contributed by atoms with E-state index in [4.69, 9.17) is 0 Å². The number of nitrogens with zero attached hydrogens (tertiary/aromatic N) is 2. The van der Waals surface area contributed by atoms with Crippen molar-refractivity contribution in [2.45, 2.75) is 33.4 Å². The molecule has 5 heteroatoms. The molecular formula is C14H16F2N2O. The summed E-state index contributed by atoms with van der Waals surface area (Å²) >= 11 is 0. The summed E-state index contributed by atoms with van der Waals surface area (Å²) < 4.78 is 29.0. The molecule has 0 radical (unpaired) electrons. The molecule has 2 rings (SSSR count). The van der Waals surface area contributed by atoms with E-state index in [0.29, 0.717) is 12.2 Å². The number of aromatic nitrogens is 2. The monoisotopic (exact) mass is 266 g/mol. The predicted molar refractivity (Wildman–Crippen MR) is 67.8 cm³/mol. The zero-order chi connectivity index (χ0) is 14.2. The Morgan fingerprint density at radius 3 is 2.58 bits per heavy atom. The van der Waals surface area contributed by atoms with Crippen LogP contribution < -0.4 is 0 Å². The van der Waals surface area contributed by atoms with Crippen LogP contribution in [0.1, 0.15) is 35.5 Å². The van der Waals surface area contributed by atoms with E-state index in [2.05, 4.69) is 5.10 Å². The third kappa shape index (κ3) is 2.38. The lowest BCUT2D eigenvalue weighted by atomic mass is 10.0. The molecule has 0 aliphatic rings. The van der Waals surface area contributed by atoms with Gasteiger partial charge in [-0.15, -0.1) is 0 Å². The first-order valence-corrected chi connectivity index (χ1v) is 6.12. The van der Waals surface area contributed by atoms with Crippen molar-refractivity contribution in [2.24, 2.45) is 0 Å². The van der Waals surface area contributed by atoms with Crippen LogP contribution in [0.4, 0.5) is 8.78 Å². The van der Waals surface area contributed by atoms with Crippen molar-refractivity contribution in [2.75, 3.05) is 0 Å². The van der Waals surface area contributed by atoms with E-state index in [1.807, 2.05) is 6.92 Å². The fraction of sp³-hybridized carbons (Fsp3) is 0.357. The van der Waals surface area contributed by atoms with Gasteiger partial charge in [0.15, 0.2) is 11.6 Å². The number of benzene rings is 1. The van der Waals surface area contributed by atoms with Gasteiger partial charge in [-0.05, 0) is 32.4 Å². The summed E-state index contributed by atoms with van der Waals surface area (Å²) in [5.74, 6) is -1.93. The molecule has 0 amide bonds. The van der Waals surface area contributed by atoms with Gasteiger partial charge in [0.2, 0.25) is 0 Å². The number of hydrogen-bond donors (Lipinski definition) is 1. The Bertz CT molecular complexity index is 608. The highest BCUT2D eigenvalue weighted by molar-refractivity contribution is 5.32. The molecule has 2 aromatic rings. The van der Waals surface area contributed by atoms with Crippen molar-refractivity contribution >= 4 is 0 Å².